The van der Waals surface area contributed by atoms with E-state index in [1.807, 2.05) is 28.2 Å². The number of hydrogen-bond acceptors (Lipinski definition) is 9. The third kappa shape index (κ3) is 6.67. The summed E-state index contributed by atoms with van der Waals surface area (Å²) in [6, 6.07) is 16.9. The number of nitro benzene ring substituents is 1. The smallest absolute Gasteiger partial charge is 0.276 e. The highest BCUT2D eigenvalue weighted by atomic mass is 35.7. The second-order valence-electron chi connectivity index (χ2n) is 6.39. The number of nitrogens with zero attached hydrogens (tertiary/aromatic N) is 3. The van der Waals surface area contributed by atoms with Crippen molar-refractivity contribution in [2.24, 2.45) is 0 Å². The van der Waals surface area contributed by atoms with Crippen molar-refractivity contribution in [3.63, 3.8) is 0 Å². The second kappa shape index (κ2) is 10.1. The van der Waals surface area contributed by atoms with Gasteiger partial charge in [-0.3, -0.25) is 10.1 Å². The number of anilines is 1. The van der Waals surface area contributed by atoms with E-state index in [1.54, 1.807) is 23.7 Å². The van der Waals surface area contributed by atoms with Gasteiger partial charge >= 0.3 is 0 Å². The molecule has 3 aromatic rings. The zero-order valence-electron chi connectivity index (χ0n) is 16.1. The molecule has 0 amide bonds. The van der Waals surface area contributed by atoms with Crippen LogP contribution in [0.15, 0.2) is 60.8 Å². The minimum Gasteiger partial charge on any atom is -0.378 e. The van der Waals surface area contributed by atoms with Crippen LogP contribution in [0.2, 0.25) is 0 Å². The summed E-state index contributed by atoms with van der Waals surface area (Å²) in [5.74, 6) is 0. The molecule has 1 aliphatic rings. The van der Waals surface area contributed by atoms with Gasteiger partial charge in [-0.1, -0.05) is 34.3 Å². The van der Waals surface area contributed by atoms with Gasteiger partial charge in [0.05, 0.1) is 29.8 Å². The zero-order valence-corrected chi connectivity index (χ0v) is 17.7. The molecule has 0 N–H and O–H groups in total. The Kier molecular flexibility index (Phi) is 7.51. The van der Waals surface area contributed by atoms with Gasteiger partial charge in [0.15, 0.2) is 16.5 Å². The first kappa shape index (κ1) is 23.0. The minimum absolute atomic E-state index is 0.0950. The number of halogens is 1. The Balaban J connectivity index is 0.000000491. The lowest BCUT2D eigenvalue weighted by Crippen LogP contribution is -2.68. The van der Waals surface area contributed by atoms with Crippen LogP contribution in [0.4, 0.5) is 10.7 Å². The Morgan fingerprint density at radius 3 is 2.26 bits per heavy atom. The van der Waals surface area contributed by atoms with Crippen LogP contribution in [0.5, 0.6) is 0 Å². The molecule has 4 rings (SSSR count). The van der Waals surface area contributed by atoms with E-state index in [9.17, 15) is 10.1 Å². The fraction of sp³-hybridized carbons (Fsp3) is 0.211. The molecule has 0 spiro atoms. The van der Waals surface area contributed by atoms with Crippen LogP contribution in [0, 0.1) is 20.4 Å². The highest BCUT2D eigenvalue weighted by Crippen LogP contribution is 2.34. The SMILES string of the molecule is O=[N+]([O-])c1cccc(-[n+]2cc(-c3ccccc3)c(N3CCOCC3)s2)c1.[O-][Cl+3]([O-])([O-])[O-]. The average Bonchev–Trinajstić information content (AvgIpc) is 3.19. The number of ether oxygens (including phenoxy) is 1. The molecule has 0 atom stereocenters. The van der Waals surface area contributed by atoms with Gasteiger partial charge in [0, 0.05) is 25.2 Å². The lowest BCUT2D eigenvalue weighted by atomic mass is 10.1. The number of nitro groups is 1. The number of morpholine rings is 1. The van der Waals surface area contributed by atoms with Crippen molar-refractivity contribution in [2.75, 3.05) is 31.2 Å². The molecule has 2 heterocycles. The van der Waals surface area contributed by atoms with E-state index in [0.717, 1.165) is 34.9 Å². The Bertz CT molecular complexity index is 1010. The van der Waals surface area contributed by atoms with E-state index >= 15 is 0 Å². The summed E-state index contributed by atoms with van der Waals surface area (Å²) in [7, 11) is -4.94. The molecular formula is C19H18ClN3O7S. The van der Waals surface area contributed by atoms with Crippen LogP contribution in [0.1, 0.15) is 0 Å². The van der Waals surface area contributed by atoms with Crippen molar-refractivity contribution in [2.45, 2.75) is 0 Å². The van der Waals surface area contributed by atoms with E-state index in [1.165, 1.54) is 6.07 Å². The average molecular weight is 468 g/mol. The normalized spacial score (nSPS) is 14.0. The van der Waals surface area contributed by atoms with Crippen molar-refractivity contribution in [1.82, 2.24) is 0 Å². The summed E-state index contributed by atoms with van der Waals surface area (Å²) in [4.78, 5) is 13.1. The van der Waals surface area contributed by atoms with E-state index in [2.05, 4.69) is 23.2 Å². The summed E-state index contributed by atoms with van der Waals surface area (Å²) in [6.07, 6.45) is 2.06. The summed E-state index contributed by atoms with van der Waals surface area (Å²) in [5.41, 5.74) is 3.15. The van der Waals surface area contributed by atoms with Crippen LogP contribution in [-0.2, 0) is 4.74 Å². The number of rotatable bonds is 4. The molecule has 10 nitrogen and oxygen atoms in total. The second-order valence-corrected chi connectivity index (χ2v) is 8.10. The van der Waals surface area contributed by atoms with Crippen LogP contribution in [-0.4, -0.2) is 31.2 Å². The van der Waals surface area contributed by atoms with Gasteiger partial charge in [0.1, 0.15) is 0 Å². The van der Waals surface area contributed by atoms with Crippen LogP contribution in [0.25, 0.3) is 16.8 Å². The molecule has 0 aliphatic carbocycles. The van der Waals surface area contributed by atoms with Gasteiger partial charge in [0.25, 0.3) is 5.69 Å². The molecular weight excluding hydrogens is 450 g/mol. The van der Waals surface area contributed by atoms with Gasteiger partial charge in [-0.25, -0.2) is 18.6 Å². The Hall–Kier alpha value is -2.64. The number of non-ortho nitro benzene ring substituents is 1. The first-order valence-electron chi connectivity index (χ1n) is 9.03. The summed E-state index contributed by atoms with van der Waals surface area (Å²) < 4.78 is 41.5. The molecule has 2 aromatic carbocycles. The molecule has 164 valence electrons. The number of benzene rings is 2. The fourth-order valence-corrected chi connectivity index (χ4v) is 4.15. The maximum Gasteiger partial charge on any atom is 0.276 e. The van der Waals surface area contributed by atoms with Crippen molar-refractivity contribution in [3.8, 4) is 16.8 Å². The van der Waals surface area contributed by atoms with Crippen molar-refractivity contribution >= 4 is 22.2 Å². The number of hydrogen-bond donors (Lipinski definition) is 0. The van der Waals surface area contributed by atoms with E-state index in [4.69, 9.17) is 23.4 Å². The third-order valence-corrected chi connectivity index (χ3v) is 5.50. The maximum absolute atomic E-state index is 11.1. The first-order chi connectivity index (χ1) is 14.7. The topological polar surface area (TPSA) is 152 Å². The highest BCUT2D eigenvalue weighted by molar-refractivity contribution is 7.07. The zero-order chi connectivity index (χ0) is 22.4. The summed E-state index contributed by atoms with van der Waals surface area (Å²) in [5, 5.41) is 12.3. The minimum atomic E-state index is -4.94. The lowest BCUT2D eigenvalue weighted by molar-refractivity contribution is -2.00. The van der Waals surface area contributed by atoms with Crippen molar-refractivity contribution in [3.05, 3.63) is 70.9 Å². The van der Waals surface area contributed by atoms with Gasteiger partial charge in [-0.2, -0.15) is 0 Å². The summed E-state index contributed by atoms with van der Waals surface area (Å²) >= 11 is 1.60. The highest BCUT2D eigenvalue weighted by Gasteiger charge is 2.26. The Labute approximate surface area is 183 Å². The molecule has 1 saturated heterocycles. The van der Waals surface area contributed by atoms with Gasteiger partial charge < -0.3 is 9.64 Å². The van der Waals surface area contributed by atoms with Crippen molar-refractivity contribution < 1.29 is 42.5 Å². The molecule has 1 aliphatic heterocycles. The van der Waals surface area contributed by atoms with Crippen LogP contribution >= 0.6 is 11.5 Å². The molecule has 0 unspecified atom stereocenters. The summed E-state index contributed by atoms with van der Waals surface area (Å²) in [6.45, 7) is 3.11. The standard InChI is InChI=1S/C19H18N3O3S.ClHO4/c23-22(24)17-8-4-7-16(13-17)21-14-18(15-5-2-1-3-6-15)19(26-21)20-9-11-25-12-10-20;2-1(3,4)5/h1-8,13-14H,9-12H2;(H,2,3,4,5)/q+1;/p-1. The van der Waals surface area contributed by atoms with Crippen molar-refractivity contribution in [1.29, 1.82) is 0 Å². The molecule has 1 aromatic heterocycles. The van der Waals surface area contributed by atoms with E-state index in [0.29, 0.717) is 13.2 Å². The number of aromatic nitrogens is 1. The lowest BCUT2D eigenvalue weighted by Gasteiger charge is -2.26. The molecule has 31 heavy (non-hydrogen) atoms. The molecule has 0 saturated carbocycles. The molecule has 0 radical (unpaired) electrons. The van der Waals surface area contributed by atoms with E-state index in [-0.39, 0.29) is 10.6 Å². The molecule has 0 bridgehead atoms. The fourth-order valence-electron chi connectivity index (χ4n) is 3.02. The van der Waals surface area contributed by atoms with Gasteiger partial charge in [0.2, 0.25) is 11.9 Å². The first-order valence-corrected chi connectivity index (χ1v) is 11.0. The Morgan fingerprint density at radius 2 is 1.65 bits per heavy atom. The predicted octanol–water partition coefficient (Wildman–Crippen LogP) is -1.32. The monoisotopic (exact) mass is 467 g/mol. The van der Waals surface area contributed by atoms with Crippen LogP contribution < -0.4 is 27.5 Å². The largest absolute Gasteiger partial charge is 0.378 e. The maximum atomic E-state index is 11.1. The van der Waals surface area contributed by atoms with Gasteiger partial charge in [-0.15, -0.1) is 10.2 Å². The quantitative estimate of drug-likeness (QED) is 0.260. The molecule has 12 heteroatoms. The Morgan fingerprint density at radius 1 is 1.00 bits per heavy atom. The molecule has 1 fully saturated rings. The van der Waals surface area contributed by atoms with Gasteiger partial charge in [-0.05, 0) is 11.6 Å². The van der Waals surface area contributed by atoms with E-state index < -0.39 is 10.2 Å². The van der Waals surface area contributed by atoms with Crippen LogP contribution in [0.3, 0.4) is 0 Å². The third-order valence-electron chi connectivity index (χ3n) is 4.34. The predicted molar refractivity (Wildman–Crippen MR) is 101 cm³/mol.